The normalized spacial score (nSPS) is 11.5. The van der Waals surface area contributed by atoms with Gasteiger partial charge >= 0.3 is 0 Å². The summed E-state index contributed by atoms with van der Waals surface area (Å²) >= 11 is 11.3. The molecule has 0 spiro atoms. The third-order valence-electron chi connectivity index (χ3n) is 12.0. The minimum atomic E-state index is 0.614. The molecule has 0 saturated carbocycles. The van der Waals surface area contributed by atoms with Crippen LogP contribution in [0.1, 0.15) is 44.5 Å². The van der Waals surface area contributed by atoms with Gasteiger partial charge in [-0.1, -0.05) is 121 Å². The molecule has 6 heterocycles. The van der Waals surface area contributed by atoms with Crippen molar-refractivity contribution >= 4 is 68.0 Å². The van der Waals surface area contributed by atoms with Crippen molar-refractivity contribution in [1.82, 2.24) is 0 Å². The van der Waals surface area contributed by atoms with Gasteiger partial charge in [-0.25, -0.2) is 0 Å². The van der Waals surface area contributed by atoms with Gasteiger partial charge < -0.3 is 18.9 Å². The van der Waals surface area contributed by atoms with E-state index in [0.717, 1.165) is 25.7 Å². The van der Waals surface area contributed by atoms with Gasteiger partial charge in [0.05, 0.1) is 52.9 Å². The van der Waals surface area contributed by atoms with Gasteiger partial charge in [-0.05, 0) is 129 Å². The van der Waals surface area contributed by atoms with Gasteiger partial charge in [0.25, 0.3) is 0 Å². The van der Waals surface area contributed by atoms with Gasteiger partial charge in [0.2, 0.25) is 0 Å². The molecule has 10 rings (SSSR count). The fourth-order valence-electron chi connectivity index (χ4n) is 8.32. The maximum absolute atomic E-state index is 6.27. The second-order valence-electron chi connectivity index (χ2n) is 17.0. The topological polar surface area (TPSA) is 36.9 Å². The van der Waals surface area contributed by atoms with Crippen LogP contribution in [0.25, 0.3) is 48.8 Å². The summed E-state index contributed by atoms with van der Waals surface area (Å²) in [5.74, 6) is 0. The SMILES string of the molecule is c1ccc(COCCc2ccsc2-c2cc(CCOCc3ccccc3)c(-c3ccc(-c4ccc(-c5cc(CCOCc6ccccc6)c(-c6sccc6CCOCc6ccccc6)s5)s4)s3)s2)cc1. The van der Waals surface area contributed by atoms with Crippen molar-refractivity contribution in [3.05, 3.63) is 225 Å². The molecule has 0 fully saturated rings. The number of benzene rings is 4. The number of rotatable bonds is 25. The molecule has 0 N–H and O–H groups in total. The van der Waals surface area contributed by atoms with Crippen molar-refractivity contribution in [2.45, 2.75) is 52.1 Å². The first-order valence-electron chi connectivity index (χ1n) is 23.8. The van der Waals surface area contributed by atoms with E-state index < -0.39 is 0 Å². The first-order chi connectivity index (χ1) is 34.7. The summed E-state index contributed by atoms with van der Waals surface area (Å²) in [6, 6.07) is 60.4. The van der Waals surface area contributed by atoms with E-state index in [4.69, 9.17) is 18.9 Å². The van der Waals surface area contributed by atoms with Gasteiger partial charge in [-0.2, -0.15) is 0 Å². The van der Waals surface area contributed by atoms with E-state index in [-0.39, 0.29) is 0 Å². The van der Waals surface area contributed by atoms with Crippen LogP contribution in [0, 0.1) is 0 Å². The largest absolute Gasteiger partial charge is 0.376 e. The molecule has 10 heteroatoms. The molecule has 4 nitrogen and oxygen atoms in total. The third kappa shape index (κ3) is 12.9. The summed E-state index contributed by atoms with van der Waals surface area (Å²) in [5, 5.41) is 4.46. The summed E-state index contributed by atoms with van der Waals surface area (Å²) in [4.78, 5) is 13.2. The molecule has 0 amide bonds. The summed E-state index contributed by atoms with van der Waals surface area (Å²) < 4.78 is 24.8. The van der Waals surface area contributed by atoms with Gasteiger partial charge in [-0.3, -0.25) is 0 Å². The van der Waals surface area contributed by atoms with Crippen LogP contribution in [0.2, 0.25) is 0 Å². The Morgan fingerprint density at radius 2 is 0.629 bits per heavy atom. The van der Waals surface area contributed by atoms with E-state index >= 15 is 0 Å². The summed E-state index contributed by atoms with van der Waals surface area (Å²) in [6.07, 6.45) is 3.46. The molecule has 0 aliphatic heterocycles. The molecule has 70 heavy (non-hydrogen) atoms. The Hall–Kier alpha value is -5.08. The van der Waals surface area contributed by atoms with Crippen molar-refractivity contribution in [2.24, 2.45) is 0 Å². The number of ether oxygens (including phenoxy) is 4. The number of hydrogen-bond acceptors (Lipinski definition) is 10. The average Bonchev–Trinajstić information content (AvgIpc) is 4.28. The van der Waals surface area contributed by atoms with Crippen LogP contribution in [0.3, 0.4) is 0 Å². The highest BCUT2D eigenvalue weighted by Crippen LogP contribution is 2.49. The van der Waals surface area contributed by atoms with Crippen molar-refractivity contribution < 1.29 is 18.9 Å². The number of hydrogen-bond donors (Lipinski definition) is 0. The smallest absolute Gasteiger partial charge is 0.0717 e. The predicted octanol–water partition coefficient (Wildman–Crippen LogP) is 17.4. The minimum Gasteiger partial charge on any atom is -0.376 e. The van der Waals surface area contributed by atoms with E-state index in [9.17, 15) is 0 Å². The highest BCUT2D eigenvalue weighted by molar-refractivity contribution is 7.30. The zero-order chi connectivity index (χ0) is 47.2. The van der Waals surface area contributed by atoms with Crippen molar-refractivity contribution in [2.75, 3.05) is 26.4 Å². The van der Waals surface area contributed by atoms with Gasteiger partial charge in [-0.15, -0.1) is 68.0 Å². The standard InChI is InChI=1S/C60H54O4S6/c1-5-13-43(14-6-1)39-61-31-25-47-29-35-65-57(47)56-38-49(27-33-63-41-45-17-9-3-10-18-45)58(70-56)54-24-23-52(68-54)51-21-22-53(67-51)55-37-50(28-34-64-42-46-19-11-4-12-20-46)60(69-55)59-48(30-36-66-59)26-32-62-40-44-15-7-2-8-16-44/h1-24,29-30,35-38H,25-28,31-34,39-42H2. The monoisotopic (exact) mass is 1030 g/mol. The second-order valence-corrected chi connectivity index (χ2v) is 23.1. The van der Waals surface area contributed by atoms with Crippen molar-refractivity contribution in [1.29, 1.82) is 0 Å². The van der Waals surface area contributed by atoms with Crippen LogP contribution in [0.4, 0.5) is 0 Å². The van der Waals surface area contributed by atoms with E-state index in [1.54, 1.807) is 0 Å². The van der Waals surface area contributed by atoms with Crippen LogP contribution in [-0.2, 0) is 71.1 Å². The third-order valence-corrected chi connectivity index (χ3v) is 19.3. The lowest BCUT2D eigenvalue weighted by Gasteiger charge is -2.08. The minimum absolute atomic E-state index is 0.614. The van der Waals surface area contributed by atoms with E-state index in [1.807, 2.05) is 80.2 Å². The first-order valence-corrected chi connectivity index (χ1v) is 28.8. The lowest BCUT2D eigenvalue weighted by molar-refractivity contribution is 0.123. The highest BCUT2D eigenvalue weighted by atomic mass is 32.1. The Morgan fingerprint density at radius 3 is 1.11 bits per heavy atom. The molecule has 0 aliphatic carbocycles. The molecule has 0 atom stereocenters. The molecule has 0 aliphatic rings. The van der Waals surface area contributed by atoms with Crippen LogP contribution >= 0.6 is 68.0 Å². The molecule has 354 valence electrons. The fraction of sp³-hybridized carbons (Fsp3) is 0.200. The zero-order valence-electron chi connectivity index (χ0n) is 38.9. The number of thiophene rings is 6. The Bertz CT molecular complexity index is 3120. The van der Waals surface area contributed by atoms with Crippen LogP contribution in [-0.4, -0.2) is 26.4 Å². The van der Waals surface area contributed by atoms with Crippen LogP contribution in [0.15, 0.2) is 181 Å². The van der Waals surface area contributed by atoms with Gasteiger partial charge in [0.1, 0.15) is 0 Å². The van der Waals surface area contributed by atoms with E-state index in [2.05, 4.69) is 168 Å². The molecule has 6 aromatic heterocycles. The molecule has 10 aromatic rings. The lowest BCUT2D eigenvalue weighted by Crippen LogP contribution is -2.00. The zero-order valence-corrected chi connectivity index (χ0v) is 43.8. The molecule has 0 saturated heterocycles. The van der Waals surface area contributed by atoms with Crippen LogP contribution < -0.4 is 0 Å². The summed E-state index contributed by atoms with van der Waals surface area (Å²) in [5.41, 5.74) is 10.2. The van der Waals surface area contributed by atoms with Gasteiger partial charge in [0.15, 0.2) is 0 Å². The van der Waals surface area contributed by atoms with E-state index in [0.29, 0.717) is 52.9 Å². The lowest BCUT2D eigenvalue weighted by atomic mass is 10.1. The highest BCUT2D eigenvalue weighted by Gasteiger charge is 2.21. The average molecular weight is 1030 g/mol. The molecule has 0 bridgehead atoms. The fourth-order valence-corrected chi connectivity index (χ4v) is 15.4. The molecule has 0 unspecified atom stereocenters. The van der Waals surface area contributed by atoms with Crippen LogP contribution in [0.5, 0.6) is 0 Å². The molecular formula is C60H54O4S6. The summed E-state index contributed by atoms with van der Waals surface area (Å²) in [7, 11) is 0. The Labute approximate surface area is 436 Å². The van der Waals surface area contributed by atoms with Crippen molar-refractivity contribution in [3.8, 4) is 48.8 Å². The second kappa shape index (κ2) is 24.8. The quantitative estimate of drug-likeness (QED) is 0.0535. The Balaban J connectivity index is 0.867. The van der Waals surface area contributed by atoms with Gasteiger partial charge in [0, 0.05) is 48.8 Å². The Kier molecular flexibility index (Phi) is 17.2. The molecule has 0 radical (unpaired) electrons. The van der Waals surface area contributed by atoms with E-state index in [1.165, 1.54) is 93.3 Å². The Morgan fingerprint density at radius 1 is 0.271 bits per heavy atom. The predicted molar refractivity (Wildman–Crippen MR) is 300 cm³/mol. The molecule has 4 aromatic carbocycles. The first kappa shape index (κ1) is 48.5. The molecular weight excluding hydrogens is 977 g/mol. The van der Waals surface area contributed by atoms with Crippen molar-refractivity contribution in [3.63, 3.8) is 0 Å². The maximum atomic E-state index is 6.27. The maximum Gasteiger partial charge on any atom is 0.0717 e. The summed E-state index contributed by atoms with van der Waals surface area (Å²) in [6.45, 7) is 5.18.